The van der Waals surface area contributed by atoms with E-state index in [9.17, 15) is 9.59 Å². The molecule has 0 N–H and O–H groups in total. The minimum Gasteiger partial charge on any atom is -0.300 e. The molecule has 1 aliphatic rings. The lowest BCUT2D eigenvalue weighted by Crippen LogP contribution is -2.27. The first-order valence-corrected chi connectivity index (χ1v) is 5.98. The predicted molar refractivity (Wildman–Crippen MR) is 65.1 cm³/mol. The maximum atomic E-state index is 12.0. The Bertz CT molecular complexity index is 497. The van der Waals surface area contributed by atoms with Crippen molar-refractivity contribution in [3.63, 3.8) is 0 Å². The standard InChI is InChI=1S/C13H18N2O2/c1-13(2,3)11-7-12(17)15(8-14-11)9-4-5-10(16)6-9/h7-9H,4-6H2,1-3H3. The fourth-order valence-corrected chi connectivity index (χ4v) is 2.13. The molecule has 0 saturated heterocycles. The Hall–Kier alpha value is -1.45. The molecule has 4 nitrogen and oxygen atoms in total. The molecular weight excluding hydrogens is 216 g/mol. The largest absolute Gasteiger partial charge is 0.300 e. The van der Waals surface area contributed by atoms with Crippen LogP contribution < -0.4 is 5.56 Å². The Morgan fingerprint density at radius 1 is 1.35 bits per heavy atom. The van der Waals surface area contributed by atoms with Gasteiger partial charge in [0.1, 0.15) is 5.78 Å². The second-order valence-corrected chi connectivity index (χ2v) is 5.70. The summed E-state index contributed by atoms with van der Waals surface area (Å²) in [7, 11) is 0. The highest BCUT2D eigenvalue weighted by Crippen LogP contribution is 2.25. The number of ketones is 1. The van der Waals surface area contributed by atoms with Crippen LogP contribution in [0.2, 0.25) is 0 Å². The van der Waals surface area contributed by atoms with Crippen LogP contribution in [0.4, 0.5) is 0 Å². The van der Waals surface area contributed by atoms with Gasteiger partial charge in [-0.05, 0) is 6.42 Å². The van der Waals surface area contributed by atoms with E-state index < -0.39 is 0 Å². The average Bonchev–Trinajstić information content (AvgIpc) is 2.63. The first-order chi connectivity index (χ1) is 7.88. The molecule has 0 aliphatic heterocycles. The zero-order valence-corrected chi connectivity index (χ0v) is 10.6. The van der Waals surface area contributed by atoms with Crippen molar-refractivity contribution in [1.82, 2.24) is 9.55 Å². The van der Waals surface area contributed by atoms with Crippen molar-refractivity contribution >= 4 is 5.78 Å². The number of carbonyl (C=O) groups is 1. The first kappa shape index (κ1) is 12.0. The van der Waals surface area contributed by atoms with Crippen LogP contribution in [0.15, 0.2) is 17.2 Å². The van der Waals surface area contributed by atoms with Crippen molar-refractivity contribution in [3.8, 4) is 0 Å². The lowest BCUT2D eigenvalue weighted by Gasteiger charge is -2.19. The normalized spacial score (nSPS) is 20.9. The third-order valence-corrected chi connectivity index (χ3v) is 3.22. The number of rotatable bonds is 1. The molecule has 1 fully saturated rings. The van der Waals surface area contributed by atoms with Gasteiger partial charge in [-0.2, -0.15) is 0 Å². The van der Waals surface area contributed by atoms with Gasteiger partial charge in [-0.1, -0.05) is 20.8 Å². The average molecular weight is 234 g/mol. The van der Waals surface area contributed by atoms with Crippen LogP contribution in [0, 0.1) is 0 Å². The first-order valence-electron chi connectivity index (χ1n) is 5.98. The predicted octanol–water partition coefficient (Wildman–Crippen LogP) is 1.83. The Kier molecular flexibility index (Phi) is 2.89. The van der Waals surface area contributed by atoms with Crippen molar-refractivity contribution in [2.24, 2.45) is 0 Å². The lowest BCUT2D eigenvalue weighted by atomic mass is 9.92. The molecule has 0 bridgehead atoms. The van der Waals surface area contributed by atoms with E-state index in [0.717, 1.165) is 12.1 Å². The fraction of sp³-hybridized carbons (Fsp3) is 0.615. The molecule has 17 heavy (non-hydrogen) atoms. The zero-order valence-electron chi connectivity index (χ0n) is 10.6. The summed E-state index contributed by atoms with van der Waals surface area (Å²) < 4.78 is 1.60. The molecule has 1 unspecified atom stereocenters. The van der Waals surface area contributed by atoms with E-state index in [1.165, 1.54) is 0 Å². The highest BCUT2D eigenvalue weighted by atomic mass is 16.1. The Morgan fingerprint density at radius 3 is 2.53 bits per heavy atom. The Balaban J connectivity index is 2.33. The molecule has 4 heteroatoms. The van der Waals surface area contributed by atoms with Crippen LogP contribution in [-0.4, -0.2) is 15.3 Å². The van der Waals surface area contributed by atoms with Crippen molar-refractivity contribution in [2.75, 3.05) is 0 Å². The number of hydrogen-bond donors (Lipinski definition) is 0. The van der Waals surface area contributed by atoms with E-state index in [1.807, 2.05) is 20.8 Å². The zero-order chi connectivity index (χ0) is 12.6. The monoisotopic (exact) mass is 234 g/mol. The number of carbonyl (C=O) groups excluding carboxylic acids is 1. The maximum absolute atomic E-state index is 12.0. The SMILES string of the molecule is CC(C)(C)c1cc(=O)n(C2CCC(=O)C2)cn1. The molecule has 1 saturated carbocycles. The van der Waals surface area contributed by atoms with Crippen LogP contribution >= 0.6 is 0 Å². The van der Waals surface area contributed by atoms with Crippen LogP contribution in [-0.2, 0) is 10.2 Å². The molecular formula is C13H18N2O2. The van der Waals surface area contributed by atoms with E-state index in [2.05, 4.69) is 4.98 Å². The summed E-state index contributed by atoms with van der Waals surface area (Å²) in [6, 6.07) is 1.60. The fourth-order valence-electron chi connectivity index (χ4n) is 2.13. The van der Waals surface area contributed by atoms with Gasteiger partial charge in [-0.15, -0.1) is 0 Å². The summed E-state index contributed by atoms with van der Waals surface area (Å²) >= 11 is 0. The van der Waals surface area contributed by atoms with Gasteiger partial charge in [-0.25, -0.2) is 4.98 Å². The van der Waals surface area contributed by atoms with Gasteiger partial charge in [0.25, 0.3) is 5.56 Å². The van der Waals surface area contributed by atoms with Crippen molar-refractivity contribution < 1.29 is 4.79 Å². The van der Waals surface area contributed by atoms with Crippen molar-refractivity contribution in [3.05, 3.63) is 28.4 Å². The molecule has 2 rings (SSSR count). The molecule has 1 aromatic heterocycles. The summed E-state index contributed by atoms with van der Waals surface area (Å²) in [5.41, 5.74) is 0.622. The van der Waals surface area contributed by atoms with Gasteiger partial charge in [0.2, 0.25) is 0 Å². The second kappa shape index (κ2) is 4.09. The van der Waals surface area contributed by atoms with Crippen LogP contribution in [0.3, 0.4) is 0 Å². The maximum Gasteiger partial charge on any atom is 0.253 e. The highest BCUT2D eigenvalue weighted by Gasteiger charge is 2.25. The molecule has 0 radical (unpaired) electrons. The number of hydrogen-bond acceptors (Lipinski definition) is 3. The van der Waals surface area contributed by atoms with Crippen LogP contribution in [0.1, 0.15) is 51.8 Å². The molecule has 1 aliphatic carbocycles. The summed E-state index contributed by atoms with van der Waals surface area (Å²) in [5, 5.41) is 0. The van der Waals surface area contributed by atoms with Gasteiger partial charge < -0.3 is 0 Å². The lowest BCUT2D eigenvalue weighted by molar-refractivity contribution is -0.117. The van der Waals surface area contributed by atoms with Crippen molar-refractivity contribution in [1.29, 1.82) is 0 Å². The molecule has 1 heterocycles. The van der Waals surface area contributed by atoms with Crippen LogP contribution in [0.25, 0.3) is 0 Å². The molecule has 1 aromatic rings. The molecule has 1 atom stereocenters. The van der Waals surface area contributed by atoms with E-state index >= 15 is 0 Å². The van der Waals surface area contributed by atoms with E-state index in [4.69, 9.17) is 0 Å². The topological polar surface area (TPSA) is 52.0 Å². The van der Waals surface area contributed by atoms with E-state index in [1.54, 1.807) is 17.0 Å². The third kappa shape index (κ3) is 2.46. The quantitative estimate of drug-likeness (QED) is 0.745. The highest BCUT2D eigenvalue weighted by molar-refractivity contribution is 5.80. The van der Waals surface area contributed by atoms with Gasteiger partial charge in [0, 0.05) is 30.4 Å². The number of nitrogens with zero attached hydrogens (tertiary/aromatic N) is 2. The molecule has 0 spiro atoms. The van der Waals surface area contributed by atoms with E-state index in [-0.39, 0.29) is 22.8 Å². The smallest absolute Gasteiger partial charge is 0.253 e. The minimum atomic E-state index is -0.121. The van der Waals surface area contributed by atoms with Gasteiger partial charge in [0.05, 0.1) is 12.0 Å². The summed E-state index contributed by atoms with van der Waals surface area (Å²) in [5.74, 6) is 0.238. The molecule has 0 amide bonds. The second-order valence-electron chi connectivity index (χ2n) is 5.70. The van der Waals surface area contributed by atoms with Crippen LogP contribution in [0.5, 0.6) is 0 Å². The number of aromatic nitrogens is 2. The van der Waals surface area contributed by atoms with Gasteiger partial charge in [-0.3, -0.25) is 14.2 Å². The summed E-state index contributed by atoms with van der Waals surface area (Å²) in [4.78, 5) is 27.6. The molecule has 0 aromatic carbocycles. The number of Topliss-reactive ketones (excluding diaryl/α,β-unsaturated/α-hetero) is 1. The summed E-state index contributed by atoms with van der Waals surface area (Å²) in [6.45, 7) is 6.08. The van der Waals surface area contributed by atoms with Crippen molar-refractivity contribution in [2.45, 2.75) is 51.5 Å². The summed E-state index contributed by atoms with van der Waals surface area (Å²) in [6.07, 6.45) is 3.40. The minimum absolute atomic E-state index is 0.0107. The Labute approximate surface area is 101 Å². The van der Waals surface area contributed by atoms with Gasteiger partial charge >= 0.3 is 0 Å². The molecule has 92 valence electrons. The Morgan fingerprint density at radius 2 is 2.06 bits per heavy atom. The van der Waals surface area contributed by atoms with Gasteiger partial charge in [0.15, 0.2) is 0 Å². The third-order valence-electron chi connectivity index (χ3n) is 3.22. The van der Waals surface area contributed by atoms with E-state index in [0.29, 0.717) is 12.8 Å².